The number of alkyl carbamates (subject to hydrolysis) is 1. The number of para-hydroxylation sites is 2. The van der Waals surface area contributed by atoms with Gasteiger partial charge in [-0.2, -0.15) is 0 Å². The summed E-state index contributed by atoms with van der Waals surface area (Å²) in [4.78, 5) is 37.8. The molecule has 1 N–H and O–H groups in total. The second-order valence-electron chi connectivity index (χ2n) is 9.13. The van der Waals surface area contributed by atoms with Gasteiger partial charge in [-0.1, -0.05) is 26.0 Å². The van der Waals surface area contributed by atoms with Crippen molar-refractivity contribution in [1.29, 1.82) is 0 Å². The Morgan fingerprint density at radius 3 is 2.31 bits per heavy atom. The molecule has 0 unspecified atom stereocenters. The fourth-order valence-corrected chi connectivity index (χ4v) is 3.16. The van der Waals surface area contributed by atoms with Crippen molar-refractivity contribution in [3.63, 3.8) is 0 Å². The van der Waals surface area contributed by atoms with Gasteiger partial charge in [0.1, 0.15) is 29.2 Å². The molecule has 1 atom stereocenters. The molecular weight excluding hydrogens is 454 g/mol. The van der Waals surface area contributed by atoms with Crippen molar-refractivity contribution >= 4 is 23.0 Å². The van der Waals surface area contributed by atoms with Crippen LogP contribution in [-0.2, 0) is 9.53 Å². The quantitative estimate of drug-likeness (QED) is 0.367. The maximum atomic E-state index is 12.9. The standard InChI is InChI=1S/C26H29NO8/c1-15(2)22(27-25(30)35-26(3,4)5)24(29)33-16-11-12-17-20(13-16)32-14-21(23(17)28)34-19-10-8-7-9-18(19)31-6/h7-15,22H,1-6H3,(H,27,30)/t22-/m1/s1. The summed E-state index contributed by atoms with van der Waals surface area (Å²) in [5, 5.41) is 2.78. The fourth-order valence-electron chi connectivity index (χ4n) is 3.16. The zero-order valence-electron chi connectivity index (χ0n) is 20.5. The van der Waals surface area contributed by atoms with E-state index in [1.807, 2.05) is 0 Å². The maximum Gasteiger partial charge on any atom is 0.408 e. The predicted octanol–water partition coefficient (Wildman–Crippen LogP) is 5.05. The molecule has 1 aromatic heterocycles. The Morgan fingerprint density at radius 1 is 1.00 bits per heavy atom. The first-order valence-electron chi connectivity index (χ1n) is 11.1. The summed E-state index contributed by atoms with van der Waals surface area (Å²) in [7, 11) is 1.50. The van der Waals surface area contributed by atoms with Crippen molar-refractivity contribution in [3.05, 3.63) is 59.0 Å². The highest BCUT2D eigenvalue weighted by atomic mass is 16.6. The van der Waals surface area contributed by atoms with Gasteiger partial charge < -0.3 is 28.7 Å². The lowest BCUT2D eigenvalue weighted by atomic mass is 10.1. The summed E-state index contributed by atoms with van der Waals surface area (Å²) in [6.45, 7) is 8.72. The van der Waals surface area contributed by atoms with Crippen molar-refractivity contribution < 1.29 is 33.0 Å². The van der Waals surface area contributed by atoms with Crippen LogP contribution in [0.25, 0.3) is 11.0 Å². The van der Waals surface area contributed by atoms with Crippen molar-refractivity contribution in [2.45, 2.75) is 46.3 Å². The van der Waals surface area contributed by atoms with E-state index in [0.717, 1.165) is 0 Å². The normalized spacial score (nSPS) is 12.2. The predicted molar refractivity (Wildman–Crippen MR) is 129 cm³/mol. The minimum Gasteiger partial charge on any atom is -0.493 e. The Balaban J connectivity index is 1.79. The van der Waals surface area contributed by atoms with Crippen LogP contribution in [0.1, 0.15) is 34.6 Å². The molecule has 0 aliphatic heterocycles. The Labute approximate surface area is 202 Å². The fraction of sp³-hybridized carbons (Fsp3) is 0.346. The lowest BCUT2D eigenvalue weighted by Crippen LogP contribution is -2.48. The number of nitrogens with one attached hydrogen (secondary N) is 1. The van der Waals surface area contributed by atoms with Crippen LogP contribution in [0.4, 0.5) is 4.79 Å². The van der Waals surface area contributed by atoms with Gasteiger partial charge in [-0.25, -0.2) is 9.59 Å². The van der Waals surface area contributed by atoms with Gasteiger partial charge in [-0.3, -0.25) is 4.79 Å². The van der Waals surface area contributed by atoms with Crippen LogP contribution >= 0.6 is 0 Å². The first-order valence-corrected chi connectivity index (χ1v) is 11.1. The number of rotatable bonds is 7. The van der Waals surface area contributed by atoms with Crippen LogP contribution in [0.5, 0.6) is 23.0 Å². The summed E-state index contributed by atoms with van der Waals surface area (Å²) < 4.78 is 27.2. The van der Waals surface area contributed by atoms with E-state index < -0.39 is 29.1 Å². The van der Waals surface area contributed by atoms with Crippen LogP contribution in [0.15, 0.2) is 57.9 Å². The third kappa shape index (κ3) is 6.53. The molecule has 9 nitrogen and oxygen atoms in total. The Kier molecular flexibility index (Phi) is 7.68. The zero-order valence-corrected chi connectivity index (χ0v) is 20.5. The van der Waals surface area contributed by atoms with Gasteiger partial charge >= 0.3 is 12.1 Å². The molecule has 0 fully saturated rings. The Morgan fingerprint density at radius 2 is 1.69 bits per heavy atom. The highest BCUT2D eigenvalue weighted by molar-refractivity contribution is 5.85. The summed E-state index contributed by atoms with van der Waals surface area (Å²) in [5.74, 6) is 0.0269. The van der Waals surface area contributed by atoms with Gasteiger partial charge in [-0.15, -0.1) is 0 Å². The Bertz CT molecular complexity index is 1270. The van der Waals surface area contributed by atoms with E-state index in [-0.39, 0.29) is 28.4 Å². The molecule has 0 aliphatic rings. The molecule has 186 valence electrons. The first-order chi connectivity index (χ1) is 16.5. The number of methoxy groups -OCH3 is 1. The van der Waals surface area contributed by atoms with E-state index in [0.29, 0.717) is 11.5 Å². The monoisotopic (exact) mass is 483 g/mol. The summed E-state index contributed by atoms with van der Waals surface area (Å²) in [6.07, 6.45) is 0.462. The van der Waals surface area contributed by atoms with Crippen LogP contribution < -0.4 is 25.0 Å². The molecule has 3 rings (SSSR count). The largest absolute Gasteiger partial charge is 0.493 e. The van der Waals surface area contributed by atoms with Crippen LogP contribution in [-0.4, -0.2) is 30.8 Å². The second kappa shape index (κ2) is 10.5. The van der Waals surface area contributed by atoms with Gasteiger partial charge in [0.15, 0.2) is 11.5 Å². The summed E-state index contributed by atoms with van der Waals surface area (Å²) in [5.41, 5.74) is -0.907. The lowest BCUT2D eigenvalue weighted by Gasteiger charge is -2.24. The van der Waals surface area contributed by atoms with E-state index in [1.165, 1.54) is 31.6 Å². The van der Waals surface area contributed by atoms with E-state index in [9.17, 15) is 14.4 Å². The van der Waals surface area contributed by atoms with Gasteiger partial charge in [0, 0.05) is 6.07 Å². The topological polar surface area (TPSA) is 113 Å². The smallest absolute Gasteiger partial charge is 0.408 e. The zero-order chi connectivity index (χ0) is 25.8. The van der Waals surface area contributed by atoms with Crippen molar-refractivity contribution in [2.24, 2.45) is 5.92 Å². The van der Waals surface area contributed by atoms with E-state index >= 15 is 0 Å². The third-order valence-electron chi connectivity index (χ3n) is 4.81. The van der Waals surface area contributed by atoms with Crippen LogP contribution in [0.3, 0.4) is 0 Å². The van der Waals surface area contributed by atoms with Crippen molar-refractivity contribution in [2.75, 3.05) is 7.11 Å². The molecule has 1 heterocycles. The minimum atomic E-state index is -0.941. The number of esters is 1. The molecular formula is C26H29NO8. The average molecular weight is 484 g/mol. The Hall–Kier alpha value is -4.01. The molecule has 0 radical (unpaired) electrons. The van der Waals surface area contributed by atoms with Gasteiger partial charge in [-0.05, 0) is 51.0 Å². The highest BCUT2D eigenvalue weighted by Crippen LogP contribution is 2.30. The number of hydrogen-bond donors (Lipinski definition) is 1. The first kappa shape index (κ1) is 25.6. The number of amides is 1. The molecule has 35 heavy (non-hydrogen) atoms. The number of fused-ring (bicyclic) bond motifs is 1. The number of benzene rings is 2. The summed E-state index contributed by atoms with van der Waals surface area (Å²) >= 11 is 0. The van der Waals surface area contributed by atoms with E-state index in [2.05, 4.69) is 5.32 Å². The molecule has 0 spiro atoms. The number of ether oxygens (including phenoxy) is 4. The van der Waals surface area contributed by atoms with Crippen LogP contribution in [0.2, 0.25) is 0 Å². The molecule has 1 amide bonds. The molecule has 9 heteroatoms. The molecule has 2 aromatic carbocycles. The van der Waals surface area contributed by atoms with Gasteiger partial charge in [0.2, 0.25) is 11.2 Å². The minimum absolute atomic E-state index is 0.0202. The second-order valence-corrected chi connectivity index (χ2v) is 9.13. The highest BCUT2D eigenvalue weighted by Gasteiger charge is 2.28. The SMILES string of the molecule is COc1ccccc1Oc1coc2cc(OC(=O)[C@H](NC(=O)OC(C)(C)C)C(C)C)ccc2c1=O. The molecule has 0 aliphatic carbocycles. The number of carbonyl (C=O) groups excluding carboxylic acids is 2. The molecule has 3 aromatic rings. The number of carbonyl (C=O) groups is 2. The molecule has 0 saturated carbocycles. The van der Waals surface area contributed by atoms with Crippen molar-refractivity contribution in [3.8, 4) is 23.0 Å². The van der Waals surface area contributed by atoms with Crippen LogP contribution in [0, 0.1) is 5.92 Å². The van der Waals surface area contributed by atoms with Crippen molar-refractivity contribution in [1.82, 2.24) is 5.32 Å². The summed E-state index contributed by atoms with van der Waals surface area (Å²) in [6, 6.07) is 10.3. The lowest BCUT2D eigenvalue weighted by molar-refractivity contribution is -0.137. The average Bonchev–Trinajstić information content (AvgIpc) is 2.78. The maximum absolute atomic E-state index is 12.9. The molecule has 0 bridgehead atoms. The van der Waals surface area contributed by atoms with E-state index in [1.54, 1.807) is 58.9 Å². The molecule has 0 saturated heterocycles. The third-order valence-corrected chi connectivity index (χ3v) is 4.81. The van der Waals surface area contributed by atoms with Gasteiger partial charge in [0.05, 0.1) is 12.5 Å². The van der Waals surface area contributed by atoms with Gasteiger partial charge in [0.25, 0.3) is 0 Å². The van der Waals surface area contributed by atoms with E-state index in [4.69, 9.17) is 23.4 Å². The number of hydrogen-bond acceptors (Lipinski definition) is 8.